The Labute approximate surface area is 615 Å². The summed E-state index contributed by atoms with van der Waals surface area (Å²) in [5.74, 6) is 13.9. The van der Waals surface area contributed by atoms with Crippen LogP contribution in [0.5, 0.6) is 57.5 Å². The second-order valence-electron chi connectivity index (χ2n) is 24.2. The van der Waals surface area contributed by atoms with Crippen molar-refractivity contribution in [2.75, 3.05) is 197 Å². The Morgan fingerprint density at radius 3 is 0.981 bits per heavy atom. The Hall–Kier alpha value is -13.9. The van der Waals surface area contributed by atoms with Gasteiger partial charge in [-0.2, -0.15) is 74.8 Å². The number of anilines is 15. The summed E-state index contributed by atoms with van der Waals surface area (Å²) in [5, 5.41) is 18.4. The molecule has 10 aromatic rings. The summed E-state index contributed by atoms with van der Waals surface area (Å²) >= 11 is 0. The van der Waals surface area contributed by atoms with E-state index >= 15 is 0 Å². The first-order chi connectivity index (χ1) is 51.6. The number of hydrogen-bond acceptors (Lipinski definition) is 40. The van der Waals surface area contributed by atoms with Crippen LogP contribution in [0.4, 0.5) is 89.2 Å². The topological polar surface area (TPSA) is 478 Å². The van der Waals surface area contributed by atoms with Crippen LogP contribution in [-0.4, -0.2) is 193 Å². The molecule has 15 rings (SSSR count). The van der Waals surface area contributed by atoms with Gasteiger partial charge in [-0.25, -0.2) is 0 Å². The van der Waals surface area contributed by atoms with Crippen molar-refractivity contribution in [1.29, 1.82) is 0 Å². The highest BCUT2D eigenvalue weighted by molar-refractivity contribution is 5.53. The molecule has 5 aliphatic heterocycles. The van der Waals surface area contributed by atoms with Crippen LogP contribution in [-0.2, 0) is 32.6 Å². The molecule has 0 saturated carbocycles. The van der Waals surface area contributed by atoms with Crippen molar-refractivity contribution in [3.63, 3.8) is 0 Å². The Bertz CT molecular complexity index is 4640. The van der Waals surface area contributed by atoms with Gasteiger partial charge in [-0.1, -0.05) is 30.3 Å². The third kappa shape index (κ3) is 20.7. The van der Waals surface area contributed by atoms with E-state index in [2.05, 4.69) is 107 Å². The van der Waals surface area contributed by atoms with Crippen LogP contribution in [0.25, 0.3) is 0 Å². The van der Waals surface area contributed by atoms with Crippen LogP contribution in [0.3, 0.4) is 0 Å². The van der Waals surface area contributed by atoms with Gasteiger partial charge in [-0.15, -0.1) is 0 Å². The summed E-state index contributed by atoms with van der Waals surface area (Å²) in [6.07, 6.45) is 0.780. The molecule has 14 N–H and O–H groups in total. The van der Waals surface area contributed by atoms with Crippen molar-refractivity contribution >= 4 is 89.2 Å². The van der Waals surface area contributed by atoms with Gasteiger partial charge in [0.2, 0.25) is 123 Å². The van der Waals surface area contributed by atoms with Crippen LogP contribution in [0, 0.1) is 0 Å². The average molecular weight is 1470 g/mol. The van der Waals surface area contributed by atoms with Crippen LogP contribution >= 0.6 is 0 Å². The molecule has 10 heterocycles. The molecule has 5 aromatic heterocycles. The molecule has 0 atom stereocenters. The van der Waals surface area contributed by atoms with Crippen molar-refractivity contribution < 1.29 is 47.4 Å². The molecule has 0 aliphatic carbocycles. The van der Waals surface area contributed by atoms with Crippen molar-refractivity contribution in [3.8, 4) is 57.5 Å². The molecule has 0 fully saturated rings. The molecule has 5 aromatic carbocycles. The molecule has 0 saturated heterocycles. The zero-order valence-corrected chi connectivity index (χ0v) is 60.8. The summed E-state index contributed by atoms with van der Waals surface area (Å²) < 4.78 is 53.2. The SMILES string of the molecule is CN(C)c1nc(N)nc(NCc2ccc3c(c2)OCO3)n1.CN(C)c1nc(NCc2ccc3c(c2)OCO3)nc(N(C)C)n1.CNc1nc(N)nc(N(C)Cc2ccc3c(c2)OCO3)n1.CNc1nc(NCc2ccc3c(c2)OCO3)nc(N(C)C)n1.Nc1nc(N)nc(NCCc2ccc3c(c2)OCO3)n1. The van der Waals surface area contributed by atoms with E-state index in [4.69, 9.17) is 70.3 Å². The van der Waals surface area contributed by atoms with E-state index in [-0.39, 0.29) is 57.8 Å². The van der Waals surface area contributed by atoms with Crippen LogP contribution in [0.2, 0.25) is 0 Å². The molecule has 0 unspecified atom stereocenters. The minimum absolute atomic E-state index is 0.100. The Morgan fingerprint density at radius 2 is 0.570 bits per heavy atom. The smallest absolute Gasteiger partial charge is 0.231 e. The first-order valence-electron chi connectivity index (χ1n) is 33.1. The number of benzene rings is 5. The fourth-order valence-corrected chi connectivity index (χ4v) is 9.89. The zero-order valence-electron chi connectivity index (χ0n) is 60.8. The van der Waals surface area contributed by atoms with Gasteiger partial charge in [0.1, 0.15) is 0 Å². The highest BCUT2D eigenvalue weighted by Gasteiger charge is 2.21. The maximum absolute atomic E-state index is 5.67. The predicted molar refractivity (Wildman–Crippen MR) is 402 cm³/mol. The minimum Gasteiger partial charge on any atom is -0.454 e. The lowest BCUT2D eigenvalue weighted by molar-refractivity contribution is 0.173. The van der Waals surface area contributed by atoms with Gasteiger partial charge < -0.3 is 127 Å². The van der Waals surface area contributed by atoms with E-state index < -0.39 is 0 Å². The van der Waals surface area contributed by atoms with E-state index in [9.17, 15) is 0 Å². The number of nitrogens with two attached hydrogens (primary N) is 4. The fraction of sp³-hybridized carbons (Fsp3) is 0.328. The number of nitrogens with one attached hydrogen (secondary N) is 6. The predicted octanol–water partition coefficient (Wildman–Crippen LogP) is 4.81. The molecule has 107 heavy (non-hydrogen) atoms. The maximum atomic E-state index is 5.67. The molecule has 0 spiro atoms. The second-order valence-corrected chi connectivity index (χ2v) is 24.2. The number of fused-ring (bicyclic) bond motifs is 5. The highest BCUT2D eigenvalue weighted by atomic mass is 16.7. The minimum atomic E-state index is 0.100. The third-order valence-electron chi connectivity index (χ3n) is 15.2. The van der Waals surface area contributed by atoms with E-state index in [1.165, 1.54) is 0 Å². The van der Waals surface area contributed by atoms with Crippen molar-refractivity contribution in [2.45, 2.75) is 32.6 Å². The van der Waals surface area contributed by atoms with Crippen LogP contribution in [0.15, 0.2) is 91.0 Å². The molecule has 40 nitrogen and oxygen atoms in total. The van der Waals surface area contributed by atoms with Gasteiger partial charge in [0.25, 0.3) is 0 Å². The molecule has 562 valence electrons. The molecule has 40 heteroatoms. The third-order valence-corrected chi connectivity index (χ3v) is 15.2. The van der Waals surface area contributed by atoms with Crippen LogP contribution in [0.1, 0.15) is 27.8 Å². The Kier molecular flexibility index (Phi) is 24.2. The first-order valence-corrected chi connectivity index (χ1v) is 33.1. The van der Waals surface area contributed by atoms with E-state index in [1.807, 2.05) is 174 Å². The lowest BCUT2D eigenvalue weighted by atomic mass is 10.1. The number of hydrogen-bond donors (Lipinski definition) is 10. The van der Waals surface area contributed by atoms with Gasteiger partial charge in [0.15, 0.2) is 57.5 Å². The summed E-state index contributed by atoms with van der Waals surface area (Å²) in [5.41, 5.74) is 27.7. The van der Waals surface area contributed by atoms with Crippen molar-refractivity contribution in [1.82, 2.24) is 74.8 Å². The molecular weight excluding hydrogens is 1380 g/mol. The lowest BCUT2D eigenvalue weighted by Gasteiger charge is -2.17. The molecule has 0 radical (unpaired) electrons. The van der Waals surface area contributed by atoms with Gasteiger partial charge in [0.05, 0.1) is 0 Å². The average Bonchev–Trinajstić information content (AvgIpc) is 1.77. The number of rotatable bonds is 22. The number of nitrogens with zero attached hydrogens (tertiary/aromatic N) is 20. The summed E-state index contributed by atoms with van der Waals surface area (Å²) in [7, 11) is 20.4. The van der Waals surface area contributed by atoms with Gasteiger partial charge in [-0.3, -0.25) is 0 Å². The van der Waals surface area contributed by atoms with Gasteiger partial charge in [-0.05, 0) is 94.9 Å². The van der Waals surface area contributed by atoms with E-state index in [0.29, 0.717) is 98.2 Å². The van der Waals surface area contributed by atoms with Crippen molar-refractivity contribution in [2.24, 2.45) is 0 Å². The maximum Gasteiger partial charge on any atom is 0.231 e. The van der Waals surface area contributed by atoms with E-state index in [0.717, 1.165) is 91.7 Å². The fourth-order valence-electron chi connectivity index (χ4n) is 9.89. The Balaban J connectivity index is 0.000000133. The highest BCUT2D eigenvalue weighted by Crippen LogP contribution is 2.37. The van der Waals surface area contributed by atoms with Gasteiger partial charge in [0, 0.05) is 110 Å². The quantitative estimate of drug-likeness (QED) is 0.0435. The van der Waals surface area contributed by atoms with Crippen LogP contribution < -0.4 is 127 Å². The zero-order chi connectivity index (χ0) is 75.5. The standard InChI is InChI=1S/C15H20N6O2.C14H18N6O2.2C13H16N6O2.C12H14N6O2/c1-20(2)14-17-13(18-15(19-14)21(3)4)16-8-10-5-6-11-12(7-10)23-9-22-11;1-15-12-17-13(19-14(18-12)20(2)3)16-7-9-4-5-10-11(6-9)22-8-21-10;1-19(2)13-17-11(14)16-12(18-13)15-6-8-3-4-9-10(5-8)21-7-20-9;1-15-12-16-11(14)17-13(18-12)19(2)6-8-3-4-9-10(5-8)21-7-20-9;13-10-16-11(14)18-12(17-10)15-4-3-7-1-2-8-9(5-7)20-6-19-8/h5-7H,8-9H2,1-4H3,(H,16,17,18,19);4-6H,7-8H2,1-3H3,(H2,15,16,17,18,19);2*3-5H,6-7H2,1-2H3,(H3,14,15,16,17,18);1-2,5H,3-4,6H2,(H5,13,14,15,16,17,18). The molecule has 5 aliphatic rings. The molecule has 0 amide bonds. The molecule has 0 bridgehead atoms. The summed E-state index contributed by atoms with van der Waals surface area (Å²) in [6, 6.07) is 29.1. The number of aromatic nitrogens is 15. The van der Waals surface area contributed by atoms with Gasteiger partial charge >= 0.3 is 0 Å². The summed E-state index contributed by atoms with van der Waals surface area (Å²) in [6.45, 7) is 4.33. The second kappa shape index (κ2) is 34.9. The lowest BCUT2D eigenvalue weighted by Crippen LogP contribution is -2.20. The van der Waals surface area contributed by atoms with E-state index in [1.54, 1.807) is 19.0 Å². The first kappa shape index (κ1) is 74.3. The Morgan fingerprint density at radius 1 is 0.290 bits per heavy atom. The summed E-state index contributed by atoms with van der Waals surface area (Å²) in [4.78, 5) is 71.7. The number of nitrogen functional groups attached to an aromatic ring is 4. The van der Waals surface area contributed by atoms with Crippen molar-refractivity contribution in [3.05, 3.63) is 119 Å². The normalized spacial score (nSPS) is 12.3. The number of ether oxygens (including phenoxy) is 10. The molecular formula is C67H84N30O10. The monoisotopic (exact) mass is 1470 g/mol. The largest absolute Gasteiger partial charge is 0.454 e.